The zero-order valence-electron chi connectivity index (χ0n) is 11.2. The molecule has 1 atom stereocenters. The molecule has 19 heavy (non-hydrogen) atoms. The van der Waals surface area contributed by atoms with Crippen LogP contribution in [0.2, 0.25) is 0 Å². The van der Waals surface area contributed by atoms with Gasteiger partial charge in [-0.2, -0.15) is 0 Å². The highest BCUT2D eigenvalue weighted by Crippen LogP contribution is 2.25. The van der Waals surface area contributed by atoms with Crippen molar-refractivity contribution in [1.29, 1.82) is 0 Å². The molecule has 0 bridgehead atoms. The van der Waals surface area contributed by atoms with E-state index in [0.29, 0.717) is 6.61 Å². The second-order valence-electron chi connectivity index (χ2n) is 4.75. The fraction of sp³-hybridized carbons (Fsp3) is 0.250. The third-order valence-electron chi connectivity index (χ3n) is 2.96. The summed E-state index contributed by atoms with van der Waals surface area (Å²) in [5.41, 5.74) is 9.42. The normalized spacial score (nSPS) is 12.2. The molecule has 0 saturated heterocycles. The predicted molar refractivity (Wildman–Crippen MR) is 87.3 cm³/mol. The quantitative estimate of drug-likeness (QED) is 0.823. The first-order valence-corrected chi connectivity index (χ1v) is 7.37. The SMILES string of the molecule is Cc1ccc(OCc2ccc(I)cc2)c([C@@H](C)N)c1. The lowest BCUT2D eigenvalue weighted by atomic mass is 10.1. The third kappa shape index (κ3) is 3.94. The van der Waals surface area contributed by atoms with Crippen molar-refractivity contribution in [3.63, 3.8) is 0 Å². The summed E-state index contributed by atoms with van der Waals surface area (Å²) in [6, 6.07) is 14.5. The first kappa shape index (κ1) is 14.3. The summed E-state index contributed by atoms with van der Waals surface area (Å²) in [4.78, 5) is 0. The van der Waals surface area contributed by atoms with E-state index >= 15 is 0 Å². The number of ether oxygens (including phenoxy) is 1. The molecule has 0 unspecified atom stereocenters. The Morgan fingerprint density at radius 1 is 1.16 bits per heavy atom. The van der Waals surface area contributed by atoms with Crippen molar-refractivity contribution >= 4 is 22.6 Å². The van der Waals surface area contributed by atoms with Gasteiger partial charge in [-0.15, -0.1) is 0 Å². The van der Waals surface area contributed by atoms with Crippen LogP contribution in [0.5, 0.6) is 5.75 Å². The zero-order valence-corrected chi connectivity index (χ0v) is 13.3. The van der Waals surface area contributed by atoms with Crippen LogP contribution < -0.4 is 10.5 Å². The number of benzene rings is 2. The monoisotopic (exact) mass is 367 g/mol. The number of nitrogens with two attached hydrogens (primary N) is 1. The van der Waals surface area contributed by atoms with Gasteiger partial charge in [-0.05, 0) is 60.2 Å². The van der Waals surface area contributed by atoms with E-state index in [2.05, 4.69) is 65.9 Å². The molecule has 0 aliphatic heterocycles. The third-order valence-corrected chi connectivity index (χ3v) is 3.68. The highest BCUT2D eigenvalue weighted by molar-refractivity contribution is 14.1. The van der Waals surface area contributed by atoms with Crippen LogP contribution in [0.15, 0.2) is 42.5 Å². The summed E-state index contributed by atoms with van der Waals surface area (Å²) < 4.78 is 7.13. The number of hydrogen-bond acceptors (Lipinski definition) is 2. The van der Waals surface area contributed by atoms with Gasteiger partial charge in [0.1, 0.15) is 12.4 Å². The van der Waals surface area contributed by atoms with Gasteiger partial charge in [0.05, 0.1) is 0 Å². The minimum atomic E-state index is -0.0216. The largest absolute Gasteiger partial charge is 0.489 e. The standard InChI is InChI=1S/C16H18INO/c1-11-3-8-16(15(9-11)12(2)18)19-10-13-4-6-14(17)7-5-13/h3-9,12H,10,18H2,1-2H3/t12-/m1/s1. The summed E-state index contributed by atoms with van der Waals surface area (Å²) in [5.74, 6) is 0.874. The minimum Gasteiger partial charge on any atom is -0.489 e. The van der Waals surface area contributed by atoms with E-state index in [9.17, 15) is 0 Å². The van der Waals surface area contributed by atoms with Gasteiger partial charge in [-0.3, -0.25) is 0 Å². The molecular formula is C16H18INO. The number of rotatable bonds is 4. The molecule has 100 valence electrons. The second kappa shape index (κ2) is 6.39. The molecule has 2 nitrogen and oxygen atoms in total. The van der Waals surface area contributed by atoms with E-state index in [1.165, 1.54) is 9.13 Å². The summed E-state index contributed by atoms with van der Waals surface area (Å²) in [6.45, 7) is 4.61. The highest BCUT2D eigenvalue weighted by atomic mass is 127. The van der Waals surface area contributed by atoms with E-state index in [4.69, 9.17) is 10.5 Å². The van der Waals surface area contributed by atoms with Crippen LogP contribution in [-0.4, -0.2) is 0 Å². The molecule has 0 radical (unpaired) electrons. The average Bonchev–Trinajstić information content (AvgIpc) is 2.39. The molecule has 0 fully saturated rings. The lowest BCUT2D eigenvalue weighted by Crippen LogP contribution is -2.08. The molecule has 2 rings (SSSR count). The van der Waals surface area contributed by atoms with Crippen LogP contribution in [0.25, 0.3) is 0 Å². The van der Waals surface area contributed by atoms with Crippen molar-refractivity contribution in [2.45, 2.75) is 26.5 Å². The van der Waals surface area contributed by atoms with Crippen molar-refractivity contribution in [2.75, 3.05) is 0 Å². The Morgan fingerprint density at radius 2 is 1.84 bits per heavy atom. The fourth-order valence-electron chi connectivity index (χ4n) is 1.90. The van der Waals surface area contributed by atoms with Gasteiger partial charge in [-0.1, -0.05) is 29.8 Å². The van der Waals surface area contributed by atoms with E-state index in [1.54, 1.807) is 0 Å². The van der Waals surface area contributed by atoms with Crippen LogP contribution in [0.1, 0.15) is 29.7 Å². The van der Waals surface area contributed by atoms with Gasteiger partial charge in [0.25, 0.3) is 0 Å². The molecule has 0 saturated carbocycles. The van der Waals surface area contributed by atoms with Crippen molar-refractivity contribution < 1.29 is 4.74 Å². The number of halogens is 1. The Kier molecular flexibility index (Phi) is 4.82. The summed E-state index contributed by atoms with van der Waals surface area (Å²) in [5, 5.41) is 0. The first-order chi connectivity index (χ1) is 9.06. The first-order valence-electron chi connectivity index (χ1n) is 6.29. The molecule has 2 N–H and O–H groups in total. The van der Waals surface area contributed by atoms with Gasteiger partial charge < -0.3 is 10.5 Å². The second-order valence-corrected chi connectivity index (χ2v) is 5.99. The Balaban J connectivity index is 2.13. The van der Waals surface area contributed by atoms with Crippen molar-refractivity contribution in [2.24, 2.45) is 5.73 Å². The highest BCUT2D eigenvalue weighted by Gasteiger charge is 2.08. The van der Waals surface area contributed by atoms with Crippen molar-refractivity contribution in [3.05, 3.63) is 62.7 Å². The van der Waals surface area contributed by atoms with Gasteiger partial charge in [0.15, 0.2) is 0 Å². The summed E-state index contributed by atoms with van der Waals surface area (Å²) in [6.07, 6.45) is 0. The van der Waals surface area contributed by atoms with Crippen LogP contribution >= 0.6 is 22.6 Å². The molecule has 0 aromatic heterocycles. The summed E-state index contributed by atoms with van der Waals surface area (Å²) in [7, 11) is 0. The number of hydrogen-bond donors (Lipinski definition) is 1. The Bertz CT molecular complexity index is 549. The maximum Gasteiger partial charge on any atom is 0.124 e. The minimum absolute atomic E-state index is 0.0216. The fourth-order valence-corrected chi connectivity index (χ4v) is 2.26. The smallest absolute Gasteiger partial charge is 0.124 e. The average molecular weight is 367 g/mol. The summed E-state index contributed by atoms with van der Waals surface area (Å²) >= 11 is 2.30. The molecular weight excluding hydrogens is 349 g/mol. The Morgan fingerprint density at radius 3 is 2.47 bits per heavy atom. The van der Waals surface area contributed by atoms with Crippen LogP contribution in [0.3, 0.4) is 0 Å². The lowest BCUT2D eigenvalue weighted by Gasteiger charge is -2.15. The van der Waals surface area contributed by atoms with Crippen LogP contribution in [0.4, 0.5) is 0 Å². The van der Waals surface area contributed by atoms with Gasteiger partial charge in [0.2, 0.25) is 0 Å². The Labute approximate surface area is 128 Å². The molecule has 0 aliphatic rings. The molecule has 2 aromatic carbocycles. The van der Waals surface area contributed by atoms with E-state index in [-0.39, 0.29) is 6.04 Å². The molecule has 0 amide bonds. The number of aryl methyl sites for hydroxylation is 1. The van der Waals surface area contributed by atoms with E-state index in [0.717, 1.165) is 16.9 Å². The van der Waals surface area contributed by atoms with Crippen LogP contribution in [0, 0.1) is 10.5 Å². The Hall–Kier alpha value is -1.07. The predicted octanol–water partition coefficient (Wildman–Crippen LogP) is 4.20. The van der Waals surface area contributed by atoms with Gasteiger partial charge in [-0.25, -0.2) is 0 Å². The molecule has 2 aromatic rings. The molecule has 3 heteroatoms. The zero-order chi connectivity index (χ0) is 13.8. The van der Waals surface area contributed by atoms with Gasteiger partial charge >= 0.3 is 0 Å². The molecule has 0 aliphatic carbocycles. The van der Waals surface area contributed by atoms with E-state index < -0.39 is 0 Å². The maximum absolute atomic E-state index is 5.99. The maximum atomic E-state index is 5.99. The van der Waals surface area contributed by atoms with Crippen LogP contribution in [-0.2, 0) is 6.61 Å². The molecule has 0 spiro atoms. The lowest BCUT2D eigenvalue weighted by molar-refractivity contribution is 0.301. The van der Waals surface area contributed by atoms with Gasteiger partial charge in [0, 0.05) is 15.2 Å². The van der Waals surface area contributed by atoms with Crippen molar-refractivity contribution in [1.82, 2.24) is 0 Å². The van der Waals surface area contributed by atoms with Crippen molar-refractivity contribution in [3.8, 4) is 5.75 Å². The van der Waals surface area contributed by atoms with E-state index in [1.807, 2.05) is 13.0 Å². The molecule has 0 heterocycles. The topological polar surface area (TPSA) is 35.2 Å².